The third-order valence-electron chi connectivity index (χ3n) is 5.47. The lowest BCUT2D eigenvalue weighted by Crippen LogP contribution is -2.39. The maximum absolute atomic E-state index is 13.5. The van der Waals surface area contributed by atoms with E-state index in [-0.39, 0.29) is 12.2 Å². The number of furan rings is 1. The average molecular weight is 451 g/mol. The summed E-state index contributed by atoms with van der Waals surface area (Å²) >= 11 is 1.29. The number of esters is 1. The van der Waals surface area contributed by atoms with Gasteiger partial charge in [-0.25, -0.2) is 9.79 Å². The van der Waals surface area contributed by atoms with Gasteiger partial charge in [0.05, 0.1) is 28.5 Å². The molecule has 32 heavy (non-hydrogen) atoms. The van der Waals surface area contributed by atoms with Gasteiger partial charge in [0.2, 0.25) is 0 Å². The molecule has 4 rings (SSSR count). The number of hydrogen-bond acceptors (Lipinski definition) is 6. The van der Waals surface area contributed by atoms with Crippen molar-refractivity contribution in [2.75, 3.05) is 6.61 Å². The number of carbonyl (C=O) groups is 1. The lowest BCUT2D eigenvalue weighted by atomic mass is 9.93. The molecule has 0 saturated heterocycles. The number of ether oxygens (including phenoxy) is 1. The molecule has 0 fully saturated rings. The maximum Gasteiger partial charge on any atom is 0.338 e. The zero-order chi connectivity index (χ0) is 23.0. The van der Waals surface area contributed by atoms with E-state index in [4.69, 9.17) is 9.15 Å². The first kappa shape index (κ1) is 22.0. The van der Waals surface area contributed by atoms with E-state index < -0.39 is 12.0 Å². The molecule has 0 radical (unpaired) electrons. The van der Waals surface area contributed by atoms with Crippen LogP contribution in [0.15, 0.2) is 61.9 Å². The second-order valence-electron chi connectivity index (χ2n) is 8.07. The number of benzene rings is 1. The molecule has 0 N–H and O–H groups in total. The van der Waals surface area contributed by atoms with E-state index in [1.807, 2.05) is 43.3 Å². The summed E-state index contributed by atoms with van der Waals surface area (Å²) in [6.07, 6.45) is 1.72. The van der Waals surface area contributed by atoms with Crippen molar-refractivity contribution in [2.45, 2.75) is 46.6 Å². The average Bonchev–Trinajstić information content (AvgIpc) is 3.30. The SMILES string of the molecule is CCOC(=O)C1=C(C)N=c2sc(=Cc3ccc(C)o3)c(=O)n2[C@H]1c1ccc(C(C)C)cc1. The number of aromatic nitrogens is 1. The van der Waals surface area contributed by atoms with Crippen LogP contribution in [0.25, 0.3) is 6.08 Å². The number of hydrogen-bond donors (Lipinski definition) is 0. The van der Waals surface area contributed by atoms with E-state index in [2.05, 4.69) is 18.8 Å². The molecule has 0 bridgehead atoms. The molecule has 1 aromatic carbocycles. The predicted octanol–water partition coefficient (Wildman–Crippen LogP) is 3.82. The van der Waals surface area contributed by atoms with E-state index in [9.17, 15) is 9.59 Å². The summed E-state index contributed by atoms with van der Waals surface area (Å²) in [7, 11) is 0. The Hall–Kier alpha value is -3.19. The highest BCUT2D eigenvalue weighted by atomic mass is 32.1. The molecule has 3 aromatic rings. The molecule has 0 spiro atoms. The van der Waals surface area contributed by atoms with Crippen LogP contribution >= 0.6 is 11.3 Å². The summed E-state index contributed by atoms with van der Waals surface area (Å²) in [5.74, 6) is 1.30. The lowest BCUT2D eigenvalue weighted by Gasteiger charge is -2.25. The Kier molecular flexibility index (Phi) is 6.02. The second kappa shape index (κ2) is 8.74. The number of aryl methyl sites for hydroxylation is 1. The van der Waals surface area contributed by atoms with Crippen molar-refractivity contribution in [1.29, 1.82) is 0 Å². The van der Waals surface area contributed by atoms with Gasteiger partial charge in [0, 0.05) is 6.08 Å². The van der Waals surface area contributed by atoms with Crippen molar-refractivity contribution in [2.24, 2.45) is 4.99 Å². The van der Waals surface area contributed by atoms with Crippen LogP contribution in [0.4, 0.5) is 0 Å². The number of allylic oxidation sites excluding steroid dienone is 1. The highest BCUT2D eigenvalue weighted by Gasteiger charge is 2.33. The molecule has 0 amide bonds. The van der Waals surface area contributed by atoms with Crippen molar-refractivity contribution in [1.82, 2.24) is 4.57 Å². The van der Waals surface area contributed by atoms with Crippen LogP contribution in [0, 0.1) is 6.92 Å². The molecule has 2 aromatic heterocycles. The van der Waals surface area contributed by atoms with Gasteiger partial charge in [0.1, 0.15) is 11.5 Å². The van der Waals surface area contributed by atoms with Crippen LogP contribution in [0.1, 0.15) is 62.3 Å². The summed E-state index contributed by atoms with van der Waals surface area (Å²) < 4.78 is 13.0. The van der Waals surface area contributed by atoms with E-state index in [1.54, 1.807) is 24.5 Å². The van der Waals surface area contributed by atoms with Crippen LogP contribution in [0.5, 0.6) is 0 Å². The Balaban J connectivity index is 1.93. The molecule has 166 valence electrons. The Morgan fingerprint density at radius 3 is 2.53 bits per heavy atom. The normalized spacial score (nSPS) is 16.3. The molecule has 3 heterocycles. The van der Waals surface area contributed by atoms with Gasteiger partial charge in [-0.1, -0.05) is 49.4 Å². The summed E-state index contributed by atoms with van der Waals surface area (Å²) in [5.41, 5.74) is 2.76. The summed E-state index contributed by atoms with van der Waals surface area (Å²) in [5, 5.41) is 0. The third kappa shape index (κ3) is 4.00. The van der Waals surface area contributed by atoms with Crippen molar-refractivity contribution >= 4 is 23.4 Å². The first-order valence-corrected chi connectivity index (χ1v) is 11.5. The van der Waals surface area contributed by atoms with Crippen molar-refractivity contribution in [3.8, 4) is 0 Å². The van der Waals surface area contributed by atoms with Crippen LogP contribution in [-0.4, -0.2) is 17.1 Å². The zero-order valence-electron chi connectivity index (χ0n) is 18.8. The van der Waals surface area contributed by atoms with Gasteiger partial charge in [0.25, 0.3) is 5.56 Å². The van der Waals surface area contributed by atoms with Crippen molar-refractivity contribution < 1.29 is 13.9 Å². The van der Waals surface area contributed by atoms with Gasteiger partial charge < -0.3 is 9.15 Å². The topological polar surface area (TPSA) is 73.8 Å². The number of nitrogens with zero attached hydrogens (tertiary/aromatic N) is 2. The van der Waals surface area contributed by atoms with Crippen LogP contribution in [0.3, 0.4) is 0 Å². The minimum atomic E-state index is -0.605. The van der Waals surface area contributed by atoms with Crippen molar-refractivity contribution in [3.05, 3.63) is 90.0 Å². The van der Waals surface area contributed by atoms with Crippen LogP contribution in [0.2, 0.25) is 0 Å². The predicted molar refractivity (Wildman–Crippen MR) is 124 cm³/mol. The molecule has 0 saturated carbocycles. The number of carbonyl (C=O) groups excluding carboxylic acids is 1. The monoisotopic (exact) mass is 450 g/mol. The van der Waals surface area contributed by atoms with Gasteiger partial charge >= 0.3 is 5.97 Å². The number of fused-ring (bicyclic) bond motifs is 1. The Labute approximate surface area is 190 Å². The molecular formula is C25H26N2O4S. The van der Waals surface area contributed by atoms with Gasteiger partial charge in [-0.3, -0.25) is 9.36 Å². The fourth-order valence-corrected chi connectivity index (χ4v) is 4.86. The molecule has 1 aliphatic rings. The fourth-order valence-electron chi connectivity index (χ4n) is 3.83. The first-order chi connectivity index (χ1) is 15.3. The van der Waals surface area contributed by atoms with E-state index in [1.165, 1.54) is 16.9 Å². The Morgan fingerprint density at radius 1 is 1.22 bits per heavy atom. The standard InChI is InChI=1S/C25H26N2O4S/c1-6-30-24(29)21-16(5)26-25-27(22(21)18-10-8-17(9-11-18)14(2)3)23(28)20(32-25)13-19-12-7-15(4)31-19/h7-14,22H,6H2,1-5H3/t22-/m0/s1. The number of rotatable bonds is 5. The Bertz CT molecular complexity index is 1370. The molecular weight excluding hydrogens is 424 g/mol. The van der Waals surface area contributed by atoms with Crippen LogP contribution in [-0.2, 0) is 9.53 Å². The fraction of sp³-hybridized carbons (Fsp3) is 0.320. The number of thiazole rings is 1. The zero-order valence-corrected chi connectivity index (χ0v) is 19.7. The molecule has 6 nitrogen and oxygen atoms in total. The minimum absolute atomic E-state index is 0.213. The highest BCUT2D eigenvalue weighted by molar-refractivity contribution is 7.07. The molecule has 7 heteroatoms. The molecule has 0 unspecified atom stereocenters. The Morgan fingerprint density at radius 2 is 1.94 bits per heavy atom. The largest absolute Gasteiger partial charge is 0.463 e. The molecule has 1 aliphatic heterocycles. The minimum Gasteiger partial charge on any atom is -0.463 e. The molecule has 1 atom stereocenters. The molecule has 0 aliphatic carbocycles. The highest BCUT2D eigenvalue weighted by Crippen LogP contribution is 2.31. The smallest absolute Gasteiger partial charge is 0.338 e. The van der Waals surface area contributed by atoms with E-state index in [0.717, 1.165) is 11.3 Å². The lowest BCUT2D eigenvalue weighted by molar-refractivity contribution is -0.139. The first-order valence-electron chi connectivity index (χ1n) is 10.7. The summed E-state index contributed by atoms with van der Waals surface area (Å²) in [4.78, 5) is 31.5. The van der Waals surface area contributed by atoms with Crippen LogP contribution < -0.4 is 14.9 Å². The van der Waals surface area contributed by atoms with Gasteiger partial charge in [-0.05, 0) is 49.9 Å². The van der Waals surface area contributed by atoms with Gasteiger partial charge in [-0.15, -0.1) is 0 Å². The quantitative estimate of drug-likeness (QED) is 0.554. The van der Waals surface area contributed by atoms with E-state index >= 15 is 0 Å². The van der Waals surface area contributed by atoms with Gasteiger partial charge in [-0.2, -0.15) is 0 Å². The van der Waals surface area contributed by atoms with Crippen molar-refractivity contribution in [3.63, 3.8) is 0 Å². The maximum atomic E-state index is 13.5. The van der Waals surface area contributed by atoms with E-state index in [0.29, 0.717) is 32.3 Å². The third-order valence-corrected chi connectivity index (χ3v) is 6.45. The van der Waals surface area contributed by atoms with Gasteiger partial charge in [0.15, 0.2) is 4.80 Å². The summed E-state index contributed by atoms with van der Waals surface area (Å²) in [6.45, 7) is 9.91. The summed E-state index contributed by atoms with van der Waals surface area (Å²) in [6, 6.07) is 11.1. The second-order valence-corrected chi connectivity index (χ2v) is 9.08.